The molecule has 0 fully saturated rings. The first-order valence-corrected chi connectivity index (χ1v) is 11.0. The summed E-state index contributed by atoms with van der Waals surface area (Å²) in [5.41, 5.74) is 5.57. The third kappa shape index (κ3) is 8.20. The van der Waals surface area contributed by atoms with Gasteiger partial charge in [0.1, 0.15) is 0 Å². The van der Waals surface area contributed by atoms with E-state index in [1.54, 1.807) is 36.4 Å². The molecule has 0 spiro atoms. The first kappa shape index (κ1) is 26.3. The minimum Gasteiger partial charge on any atom is -0.493 e. The van der Waals surface area contributed by atoms with E-state index in [2.05, 4.69) is 24.7 Å². The van der Waals surface area contributed by atoms with E-state index in [0.717, 1.165) is 6.42 Å². The predicted molar refractivity (Wildman–Crippen MR) is 126 cm³/mol. The summed E-state index contributed by atoms with van der Waals surface area (Å²) in [5.74, 6) is 1.62. The molecule has 0 bridgehead atoms. The Morgan fingerprint density at radius 3 is 2.21 bits per heavy atom. The van der Waals surface area contributed by atoms with Crippen molar-refractivity contribution in [3.63, 3.8) is 0 Å². The van der Waals surface area contributed by atoms with Gasteiger partial charge in [-0.15, -0.1) is 0 Å². The van der Waals surface area contributed by atoms with Gasteiger partial charge in [0.15, 0.2) is 23.0 Å². The van der Waals surface area contributed by atoms with Gasteiger partial charge in [-0.05, 0) is 49.1 Å². The molecule has 9 nitrogen and oxygen atoms in total. The molecular formula is C25H31N3O6. The molecule has 34 heavy (non-hydrogen) atoms. The summed E-state index contributed by atoms with van der Waals surface area (Å²) in [6, 6.07) is 11.7. The number of benzene rings is 2. The average Bonchev–Trinajstić information content (AvgIpc) is 2.84. The fraction of sp³-hybridized carbons (Fsp3) is 0.400. The highest BCUT2D eigenvalue weighted by Crippen LogP contribution is 2.29. The molecule has 2 rings (SSSR count). The molecular weight excluding hydrogens is 438 g/mol. The van der Waals surface area contributed by atoms with Crippen LogP contribution in [0.15, 0.2) is 36.4 Å². The molecule has 0 heterocycles. The molecule has 0 saturated heterocycles. The summed E-state index contributed by atoms with van der Waals surface area (Å²) < 4.78 is 21.9. The maximum atomic E-state index is 12.4. The van der Waals surface area contributed by atoms with Crippen molar-refractivity contribution in [3.05, 3.63) is 47.5 Å². The van der Waals surface area contributed by atoms with Crippen LogP contribution in [0.3, 0.4) is 0 Å². The van der Waals surface area contributed by atoms with Crippen molar-refractivity contribution in [2.45, 2.75) is 33.1 Å². The normalized spacial score (nSPS) is 10.2. The summed E-state index contributed by atoms with van der Waals surface area (Å²) in [6.07, 6.45) is 1.47. The van der Waals surface area contributed by atoms with Crippen molar-refractivity contribution in [3.8, 4) is 29.1 Å². The lowest BCUT2D eigenvalue weighted by Gasteiger charge is -2.13. The second-order valence-electron chi connectivity index (χ2n) is 7.83. The van der Waals surface area contributed by atoms with Crippen LogP contribution in [0.25, 0.3) is 0 Å². The maximum Gasteiger partial charge on any atom is 0.269 e. The number of ether oxygens (including phenoxy) is 4. The van der Waals surface area contributed by atoms with Gasteiger partial charge in [-0.2, -0.15) is 5.26 Å². The second-order valence-corrected chi connectivity index (χ2v) is 7.83. The van der Waals surface area contributed by atoms with Crippen molar-refractivity contribution >= 4 is 11.8 Å². The van der Waals surface area contributed by atoms with E-state index in [9.17, 15) is 9.59 Å². The Bertz CT molecular complexity index is 1020. The topological polar surface area (TPSA) is 119 Å². The lowest BCUT2D eigenvalue weighted by atomic mass is 10.1. The molecule has 182 valence electrons. The minimum atomic E-state index is -0.473. The number of hydrogen-bond donors (Lipinski definition) is 2. The molecule has 0 saturated carbocycles. The molecule has 9 heteroatoms. The van der Waals surface area contributed by atoms with Crippen LogP contribution in [0.1, 0.15) is 49.0 Å². The highest BCUT2D eigenvalue weighted by molar-refractivity contribution is 5.96. The first-order valence-electron chi connectivity index (χ1n) is 11.0. The SMILES string of the molecule is COc1cc(C#N)ccc1OCCCC(=O)NNC(=O)c1ccc(OCCC(C)C)c(OC)c1. The number of hydrazine groups is 1. The number of nitrogens with zero attached hydrogens (tertiary/aromatic N) is 1. The number of rotatable bonds is 12. The van der Waals surface area contributed by atoms with E-state index in [1.807, 2.05) is 6.07 Å². The molecule has 2 amide bonds. The fourth-order valence-corrected chi connectivity index (χ4v) is 2.87. The Labute approximate surface area is 199 Å². The predicted octanol–water partition coefficient (Wildman–Crippen LogP) is 3.62. The molecule has 0 atom stereocenters. The molecule has 0 aliphatic rings. The summed E-state index contributed by atoms with van der Waals surface area (Å²) in [4.78, 5) is 24.4. The van der Waals surface area contributed by atoms with Gasteiger partial charge in [0.25, 0.3) is 5.91 Å². The Hall–Kier alpha value is -3.93. The van der Waals surface area contributed by atoms with Gasteiger partial charge >= 0.3 is 0 Å². The van der Waals surface area contributed by atoms with Crippen molar-refractivity contribution < 1.29 is 28.5 Å². The Kier molecular flexibility index (Phi) is 10.5. The maximum absolute atomic E-state index is 12.4. The fourth-order valence-electron chi connectivity index (χ4n) is 2.87. The van der Waals surface area contributed by atoms with Crippen LogP contribution in [0, 0.1) is 17.2 Å². The molecule has 2 aromatic rings. The summed E-state index contributed by atoms with van der Waals surface area (Å²) in [5, 5.41) is 8.94. The smallest absolute Gasteiger partial charge is 0.269 e. The third-order valence-corrected chi connectivity index (χ3v) is 4.79. The van der Waals surface area contributed by atoms with Crippen molar-refractivity contribution in [2.24, 2.45) is 5.92 Å². The zero-order chi connectivity index (χ0) is 24.9. The minimum absolute atomic E-state index is 0.144. The van der Waals surface area contributed by atoms with Gasteiger partial charge in [0.2, 0.25) is 5.91 Å². The van der Waals surface area contributed by atoms with Gasteiger partial charge in [-0.25, -0.2) is 0 Å². The van der Waals surface area contributed by atoms with Gasteiger partial charge in [-0.1, -0.05) is 13.8 Å². The van der Waals surface area contributed by atoms with Crippen LogP contribution in [0.4, 0.5) is 0 Å². The molecule has 0 aromatic heterocycles. The van der Waals surface area contributed by atoms with E-state index in [0.29, 0.717) is 53.1 Å². The van der Waals surface area contributed by atoms with Gasteiger partial charge in [0, 0.05) is 18.1 Å². The van der Waals surface area contributed by atoms with E-state index >= 15 is 0 Å². The Morgan fingerprint density at radius 1 is 0.912 bits per heavy atom. The Morgan fingerprint density at radius 2 is 1.56 bits per heavy atom. The van der Waals surface area contributed by atoms with Crippen molar-refractivity contribution in [1.82, 2.24) is 10.9 Å². The zero-order valence-corrected chi connectivity index (χ0v) is 20.0. The van der Waals surface area contributed by atoms with Crippen LogP contribution in [-0.4, -0.2) is 39.2 Å². The number of methoxy groups -OCH3 is 2. The number of nitrogens with one attached hydrogen (secondary N) is 2. The molecule has 0 radical (unpaired) electrons. The molecule has 2 N–H and O–H groups in total. The number of amides is 2. The van der Waals surface area contributed by atoms with E-state index < -0.39 is 5.91 Å². The third-order valence-electron chi connectivity index (χ3n) is 4.79. The van der Waals surface area contributed by atoms with Crippen molar-refractivity contribution in [1.29, 1.82) is 5.26 Å². The van der Waals surface area contributed by atoms with Crippen LogP contribution in [0.2, 0.25) is 0 Å². The molecule has 0 unspecified atom stereocenters. The molecule has 0 aliphatic heterocycles. The summed E-state index contributed by atoms with van der Waals surface area (Å²) >= 11 is 0. The highest BCUT2D eigenvalue weighted by atomic mass is 16.5. The van der Waals surface area contributed by atoms with Gasteiger partial charge < -0.3 is 18.9 Å². The van der Waals surface area contributed by atoms with Crippen LogP contribution < -0.4 is 29.8 Å². The molecule has 0 aliphatic carbocycles. The monoisotopic (exact) mass is 469 g/mol. The quantitative estimate of drug-likeness (QED) is 0.360. The Balaban J connectivity index is 1.77. The van der Waals surface area contributed by atoms with Gasteiger partial charge in [-0.3, -0.25) is 20.4 Å². The summed E-state index contributed by atoms with van der Waals surface area (Å²) in [7, 11) is 2.99. The highest BCUT2D eigenvalue weighted by Gasteiger charge is 2.13. The van der Waals surface area contributed by atoms with Crippen LogP contribution in [0.5, 0.6) is 23.0 Å². The largest absolute Gasteiger partial charge is 0.493 e. The van der Waals surface area contributed by atoms with Gasteiger partial charge in [0.05, 0.1) is 39.1 Å². The lowest BCUT2D eigenvalue weighted by molar-refractivity contribution is -0.122. The second kappa shape index (κ2) is 13.6. The number of carbonyl (C=O) groups is 2. The number of hydrogen-bond acceptors (Lipinski definition) is 7. The van der Waals surface area contributed by atoms with E-state index in [1.165, 1.54) is 14.2 Å². The average molecular weight is 470 g/mol. The number of carbonyl (C=O) groups excluding carboxylic acids is 2. The number of nitriles is 1. The van der Waals surface area contributed by atoms with Crippen LogP contribution >= 0.6 is 0 Å². The summed E-state index contributed by atoms with van der Waals surface area (Å²) in [6.45, 7) is 5.04. The van der Waals surface area contributed by atoms with E-state index in [4.69, 9.17) is 24.2 Å². The standard InChI is InChI=1S/C25H31N3O6/c1-17(2)11-13-34-21-10-8-19(15-23(21)32-4)25(30)28-27-24(29)6-5-12-33-20-9-7-18(16-26)14-22(20)31-3/h7-10,14-15,17H,5-6,11-13H2,1-4H3,(H,27,29)(H,28,30). The van der Waals surface area contributed by atoms with E-state index in [-0.39, 0.29) is 18.9 Å². The molecule has 2 aromatic carbocycles. The zero-order valence-electron chi connectivity index (χ0n) is 20.0. The van der Waals surface area contributed by atoms with Crippen molar-refractivity contribution in [2.75, 3.05) is 27.4 Å². The van der Waals surface area contributed by atoms with Crippen LogP contribution in [-0.2, 0) is 4.79 Å². The lowest BCUT2D eigenvalue weighted by Crippen LogP contribution is -2.41. The first-order chi connectivity index (χ1) is 16.4.